The quantitative estimate of drug-likeness (QED) is 0.796. The van der Waals surface area contributed by atoms with Gasteiger partial charge in [0.05, 0.1) is 10.6 Å². The topological polar surface area (TPSA) is 51.2 Å². The summed E-state index contributed by atoms with van der Waals surface area (Å²) in [6.45, 7) is 1.62. The largest absolute Gasteiger partial charge is 0.294 e. The minimum Gasteiger partial charge on any atom is -0.294 e. The number of sulfone groups is 1. The minimum atomic E-state index is -3.18. The third-order valence-electron chi connectivity index (χ3n) is 3.85. The summed E-state index contributed by atoms with van der Waals surface area (Å²) in [6, 6.07) is 6.41. The first-order valence-corrected chi connectivity index (χ1v) is 8.57. The minimum absolute atomic E-state index is 0.0862. The molecule has 0 aromatic heterocycles. The molecule has 0 radical (unpaired) electrons. The second kappa shape index (κ2) is 5.87. The van der Waals surface area contributed by atoms with E-state index in [2.05, 4.69) is 0 Å². The van der Waals surface area contributed by atoms with Crippen LogP contribution in [0.2, 0.25) is 0 Å². The first-order valence-electron chi connectivity index (χ1n) is 6.91. The SMILES string of the molecule is CCS(=O)(=O)c1ccc(C(=O)C2CCCCC2)cc1. The first kappa shape index (κ1) is 14.3. The molecule has 0 bridgehead atoms. The predicted octanol–water partition coefficient (Wildman–Crippen LogP) is 3.24. The Bertz CT molecular complexity index is 537. The fourth-order valence-electron chi connectivity index (χ4n) is 2.59. The molecule has 0 saturated heterocycles. The van der Waals surface area contributed by atoms with Crippen molar-refractivity contribution < 1.29 is 13.2 Å². The molecule has 4 heteroatoms. The summed E-state index contributed by atoms with van der Waals surface area (Å²) >= 11 is 0. The lowest BCUT2D eigenvalue weighted by Crippen LogP contribution is -2.17. The standard InChI is InChI=1S/C15H20O3S/c1-2-19(17,18)14-10-8-13(9-11-14)15(16)12-6-4-3-5-7-12/h8-12H,2-7H2,1H3. The Kier molecular flexibility index (Phi) is 4.40. The van der Waals surface area contributed by atoms with Crippen molar-refractivity contribution in [2.75, 3.05) is 5.75 Å². The van der Waals surface area contributed by atoms with Crippen LogP contribution in [0, 0.1) is 5.92 Å². The number of rotatable bonds is 4. The Balaban J connectivity index is 2.16. The zero-order valence-electron chi connectivity index (χ0n) is 11.3. The lowest BCUT2D eigenvalue weighted by Gasteiger charge is -2.20. The second-order valence-electron chi connectivity index (χ2n) is 5.13. The third kappa shape index (κ3) is 3.24. The van der Waals surface area contributed by atoms with Crippen LogP contribution in [0.15, 0.2) is 29.2 Å². The average molecular weight is 280 g/mol. The molecule has 0 aliphatic heterocycles. The third-order valence-corrected chi connectivity index (χ3v) is 5.60. The number of Topliss-reactive ketones (excluding diaryl/α,β-unsaturated/α-hetero) is 1. The van der Waals surface area contributed by atoms with E-state index in [-0.39, 0.29) is 17.5 Å². The van der Waals surface area contributed by atoms with Gasteiger partial charge in [-0.25, -0.2) is 8.42 Å². The van der Waals surface area contributed by atoms with Crippen molar-refractivity contribution in [1.82, 2.24) is 0 Å². The highest BCUT2D eigenvalue weighted by Gasteiger charge is 2.22. The molecule has 0 heterocycles. The van der Waals surface area contributed by atoms with E-state index in [1.165, 1.54) is 6.42 Å². The van der Waals surface area contributed by atoms with Gasteiger partial charge in [0.25, 0.3) is 0 Å². The van der Waals surface area contributed by atoms with Crippen LogP contribution in [0.1, 0.15) is 49.4 Å². The lowest BCUT2D eigenvalue weighted by atomic mass is 9.84. The molecule has 1 saturated carbocycles. The van der Waals surface area contributed by atoms with E-state index in [4.69, 9.17) is 0 Å². The van der Waals surface area contributed by atoms with Crippen LogP contribution in [0.4, 0.5) is 0 Å². The van der Waals surface area contributed by atoms with Crippen LogP contribution in [-0.4, -0.2) is 20.0 Å². The van der Waals surface area contributed by atoms with Crippen molar-refractivity contribution in [3.63, 3.8) is 0 Å². The maximum atomic E-state index is 12.3. The molecule has 1 aliphatic rings. The molecule has 2 rings (SSSR count). The molecular weight excluding hydrogens is 260 g/mol. The summed E-state index contributed by atoms with van der Waals surface area (Å²) in [7, 11) is -3.18. The number of carbonyl (C=O) groups is 1. The summed E-state index contributed by atoms with van der Waals surface area (Å²) in [6.07, 6.45) is 5.40. The van der Waals surface area contributed by atoms with Crippen molar-refractivity contribution in [3.05, 3.63) is 29.8 Å². The molecular formula is C15H20O3S. The average Bonchev–Trinajstić information content (AvgIpc) is 2.47. The van der Waals surface area contributed by atoms with Gasteiger partial charge in [0.1, 0.15) is 0 Å². The predicted molar refractivity (Wildman–Crippen MR) is 75.1 cm³/mol. The molecule has 0 spiro atoms. The van der Waals surface area contributed by atoms with Gasteiger partial charge >= 0.3 is 0 Å². The van der Waals surface area contributed by atoms with E-state index in [1.54, 1.807) is 31.2 Å². The highest BCUT2D eigenvalue weighted by molar-refractivity contribution is 7.91. The smallest absolute Gasteiger partial charge is 0.178 e. The van der Waals surface area contributed by atoms with E-state index in [9.17, 15) is 13.2 Å². The van der Waals surface area contributed by atoms with Gasteiger partial charge in [-0.3, -0.25) is 4.79 Å². The van der Waals surface area contributed by atoms with Crippen molar-refractivity contribution >= 4 is 15.6 Å². The summed E-state index contributed by atoms with van der Waals surface area (Å²) in [4.78, 5) is 12.6. The summed E-state index contributed by atoms with van der Waals surface area (Å²) in [5, 5.41) is 0. The molecule has 0 amide bonds. The van der Waals surface area contributed by atoms with Crippen molar-refractivity contribution in [1.29, 1.82) is 0 Å². The van der Waals surface area contributed by atoms with Crippen molar-refractivity contribution in [3.8, 4) is 0 Å². The first-order chi connectivity index (χ1) is 9.04. The van der Waals surface area contributed by atoms with Crippen LogP contribution >= 0.6 is 0 Å². The number of ketones is 1. The normalized spacial score (nSPS) is 17.3. The number of hydrogen-bond donors (Lipinski definition) is 0. The maximum Gasteiger partial charge on any atom is 0.178 e. The van der Waals surface area contributed by atoms with Gasteiger partial charge in [0.15, 0.2) is 15.6 Å². The summed E-state index contributed by atoms with van der Waals surface area (Å²) < 4.78 is 23.4. The monoisotopic (exact) mass is 280 g/mol. The van der Waals surface area contributed by atoms with E-state index in [0.717, 1.165) is 25.7 Å². The zero-order chi connectivity index (χ0) is 13.9. The van der Waals surface area contributed by atoms with Crippen LogP contribution < -0.4 is 0 Å². The van der Waals surface area contributed by atoms with Gasteiger partial charge in [0, 0.05) is 11.5 Å². The molecule has 0 unspecified atom stereocenters. The maximum absolute atomic E-state index is 12.3. The molecule has 19 heavy (non-hydrogen) atoms. The van der Waals surface area contributed by atoms with E-state index in [1.807, 2.05) is 0 Å². The van der Waals surface area contributed by atoms with Gasteiger partial charge < -0.3 is 0 Å². The molecule has 1 fully saturated rings. The van der Waals surface area contributed by atoms with Crippen LogP contribution in [0.3, 0.4) is 0 Å². The van der Waals surface area contributed by atoms with Gasteiger partial charge in [0.2, 0.25) is 0 Å². The highest BCUT2D eigenvalue weighted by Crippen LogP contribution is 2.27. The Morgan fingerprint density at radius 3 is 2.21 bits per heavy atom. The second-order valence-corrected chi connectivity index (χ2v) is 7.41. The lowest BCUT2D eigenvalue weighted by molar-refractivity contribution is 0.0889. The fourth-order valence-corrected chi connectivity index (χ4v) is 3.48. The number of benzene rings is 1. The van der Waals surface area contributed by atoms with Gasteiger partial charge in [-0.2, -0.15) is 0 Å². The van der Waals surface area contributed by atoms with Crippen LogP contribution in [-0.2, 0) is 9.84 Å². The van der Waals surface area contributed by atoms with Crippen LogP contribution in [0.5, 0.6) is 0 Å². The molecule has 0 N–H and O–H groups in total. The zero-order valence-corrected chi connectivity index (χ0v) is 12.1. The van der Waals surface area contributed by atoms with Crippen molar-refractivity contribution in [2.24, 2.45) is 5.92 Å². The fraction of sp³-hybridized carbons (Fsp3) is 0.533. The van der Waals surface area contributed by atoms with E-state index >= 15 is 0 Å². The Morgan fingerprint density at radius 1 is 1.11 bits per heavy atom. The molecule has 3 nitrogen and oxygen atoms in total. The van der Waals surface area contributed by atoms with E-state index < -0.39 is 9.84 Å². The number of carbonyl (C=O) groups excluding carboxylic acids is 1. The van der Waals surface area contributed by atoms with Crippen molar-refractivity contribution in [2.45, 2.75) is 43.9 Å². The van der Waals surface area contributed by atoms with Gasteiger partial charge in [-0.05, 0) is 25.0 Å². The molecule has 1 aromatic carbocycles. The Hall–Kier alpha value is -1.16. The molecule has 1 aromatic rings. The summed E-state index contributed by atoms with van der Waals surface area (Å²) in [5.41, 5.74) is 0.641. The molecule has 0 atom stereocenters. The summed E-state index contributed by atoms with van der Waals surface area (Å²) in [5.74, 6) is 0.380. The Labute approximate surface area is 114 Å². The van der Waals surface area contributed by atoms with Gasteiger partial charge in [-0.15, -0.1) is 0 Å². The highest BCUT2D eigenvalue weighted by atomic mass is 32.2. The van der Waals surface area contributed by atoms with Crippen LogP contribution in [0.25, 0.3) is 0 Å². The molecule has 104 valence electrons. The van der Waals surface area contributed by atoms with E-state index in [0.29, 0.717) is 10.5 Å². The van der Waals surface area contributed by atoms with Gasteiger partial charge in [-0.1, -0.05) is 38.3 Å². The number of hydrogen-bond acceptors (Lipinski definition) is 3. The molecule has 1 aliphatic carbocycles. The Morgan fingerprint density at radius 2 is 1.68 bits per heavy atom.